The summed E-state index contributed by atoms with van der Waals surface area (Å²) in [5.41, 5.74) is 7.96. The third kappa shape index (κ3) is 2.73. The molecule has 5 heteroatoms. The van der Waals surface area contributed by atoms with E-state index in [1.54, 1.807) is 11.8 Å². The maximum absolute atomic E-state index is 5.43. The second-order valence-corrected chi connectivity index (χ2v) is 4.22. The standard InChI is InChI=1S/C10H12N4S/c1-7-3-2-4-8(5-7)6-15-10-12-9(11)13-14-10/h2-5H,6H2,1H3,(H3,11,12,13,14). The van der Waals surface area contributed by atoms with Crippen molar-refractivity contribution in [2.24, 2.45) is 0 Å². The molecule has 15 heavy (non-hydrogen) atoms. The molecule has 0 aliphatic carbocycles. The first-order chi connectivity index (χ1) is 7.24. The van der Waals surface area contributed by atoms with Gasteiger partial charge in [0.1, 0.15) is 0 Å². The highest BCUT2D eigenvalue weighted by Gasteiger charge is 2.01. The first-order valence-corrected chi connectivity index (χ1v) is 5.59. The van der Waals surface area contributed by atoms with Gasteiger partial charge in [0.25, 0.3) is 0 Å². The number of nitrogens with zero attached hydrogens (tertiary/aromatic N) is 2. The van der Waals surface area contributed by atoms with Crippen molar-refractivity contribution >= 4 is 17.7 Å². The molecule has 1 aromatic carbocycles. The van der Waals surface area contributed by atoms with Crippen LogP contribution in [0.5, 0.6) is 0 Å². The summed E-state index contributed by atoms with van der Waals surface area (Å²) in [5.74, 6) is 1.22. The highest BCUT2D eigenvalue weighted by Crippen LogP contribution is 2.19. The number of anilines is 1. The van der Waals surface area contributed by atoms with Gasteiger partial charge in [-0.25, -0.2) is 5.10 Å². The molecular formula is C10H12N4S. The highest BCUT2D eigenvalue weighted by atomic mass is 32.2. The number of H-pyrrole nitrogens is 1. The van der Waals surface area contributed by atoms with Crippen LogP contribution in [0.15, 0.2) is 29.4 Å². The molecule has 4 nitrogen and oxygen atoms in total. The Balaban J connectivity index is 1.99. The molecule has 0 spiro atoms. The molecule has 0 aliphatic heterocycles. The molecule has 0 saturated heterocycles. The molecular weight excluding hydrogens is 208 g/mol. The lowest BCUT2D eigenvalue weighted by Crippen LogP contribution is -1.85. The number of aromatic nitrogens is 3. The van der Waals surface area contributed by atoms with Gasteiger partial charge >= 0.3 is 0 Å². The molecule has 0 amide bonds. The van der Waals surface area contributed by atoms with Crippen LogP contribution in [0, 0.1) is 6.92 Å². The fraction of sp³-hybridized carbons (Fsp3) is 0.200. The number of rotatable bonds is 3. The van der Waals surface area contributed by atoms with Crippen LogP contribution in [0.2, 0.25) is 0 Å². The molecule has 2 aromatic rings. The average molecular weight is 220 g/mol. The Labute approximate surface area is 92.3 Å². The Morgan fingerprint density at radius 2 is 2.33 bits per heavy atom. The highest BCUT2D eigenvalue weighted by molar-refractivity contribution is 7.98. The number of nitrogens with two attached hydrogens (primary N) is 1. The summed E-state index contributed by atoms with van der Waals surface area (Å²) in [6.45, 7) is 2.08. The second kappa shape index (κ2) is 4.35. The van der Waals surface area contributed by atoms with Crippen molar-refractivity contribution < 1.29 is 0 Å². The zero-order valence-electron chi connectivity index (χ0n) is 8.40. The number of hydrogen-bond acceptors (Lipinski definition) is 4. The van der Waals surface area contributed by atoms with Crippen LogP contribution >= 0.6 is 11.8 Å². The van der Waals surface area contributed by atoms with Crippen LogP contribution < -0.4 is 5.73 Å². The summed E-state index contributed by atoms with van der Waals surface area (Å²) in [5, 5.41) is 7.26. The van der Waals surface area contributed by atoms with Gasteiger partial charge in [0.2, 0.25) is 11.1 Å². The quantitative estimate of drug-likeness (QED) is 0.776. The van der Waals surface area contributed by atoms with Crippen LogP contribution in [-0.4, -0.2) is 15.2 Å². The lowest BCUT2D eigenvalue weighted by molar-refractivity contribution is 0.973. The van der Waals surface area contributed by atoms with Gasteiger partial charge in [-0.15, -0.1) is 5.10 Å². The lowest BCUT2D eigenvalue weighted by Gasteiger charge is -1.99. The SMILES string of the molecule is Cc1cccc(CSc2n[nH]c(N)n2)c1. The Morgan fingerprint density at radius 1 is 1.47 bits per heavy atom. The molecule has 1 aromatic heterocycles. The van der Waals surface area contributed by atoms with Crippen LogP contribution in [0.1, 0.15) is 11.1 Å². The van der Waals surface area contributed by atoms with E-state index >= 15 is 0 Å². The summed E-state index contributed by atoms with van der Waals surface area (Å²) in [4.78, 5) is 4.02. The fourth-order valence-electron chi connectivity index (χ4n) is 1.27. The maximum atomic E-state index is 5.43. The molecule has 0 fully saturated rings. The van der Waals surface area contributed by atoms with E-state index < -0.39 is 0 Å². The summed E-state index contributed by atoms with van der Waals surface area (Å²) < 4.78 is 0. The monoisotopic (exact) mass is 220 g/mol. The van der Waals surface area contributed by atoms with Crippen molar-refractivity contribution in [1.29, 1.82) is 0 Å². The molecule has 0 radical (unpaired) electrons. The van der Waals surface area contributed by atoms with E-state index in [9.17, 15) is 0 Å². The number of hydrogen-bond donors (Lipinski definition) is 2. The minimum absolute atomic E-state index is 0.363. The van der Waals surface area contributed by atoms with Crippen LogP contribution in [0.3, 0.4) is 0 Å². The smallest absolute Gasteiger partial charge is 0.216 e. The van der Waals surface area contributed by atoms with Crippen molar-refractivity contribution in [2.75, 3.05) is 5.73 Å². The Kier molecular flexibility index (Phi) is 2.91. The molecule has 78 valence electrons. The van der Waals surface area contributed by atoms with Gasteiger partial charge in [0, 0.05) is 5.75 Å². The van der Waals surface area contributed by atoms with Gasteiger partial charge < -0.3 is 5.73 Å². The number of nitrogens with one attached hydrogen (secondary N) is 1. The van der Waals surface area contributed by atoms with E-state index in [1.807, 2.05) is 0 Å². The number of thioether (sulfide) groups is 1. The van der Waals surface area contributed by atoms with E-state index in [4.69, 9.17) is 5.73 Å². The number of aryl methyl sites for hydroxylation is 1. The number of aromatic amines is 1. The topological polar surface area (TPSA) is 67.6 Å². The second-order valence-electron chi connectivity index (χ2n) is 3.28. The zero-order chi connectivity index (χ0) is 10.7. The molecule has 0 bridgehead atoms. The first-order valence-electron chi connectivity index (χ1n) is 4.60. The van der Waals surface area contributed by atoms with Gasteiger partial charge in [0.05, 0.1) is 0 Å². The molecule has 0 aliphatic rings. The van der Waals surface area contributed by atoms with Gasteiger partial charge in [-0.05, 0) is 12.5 Å². The minimum Gasteiger partial charge on any atom is -0.368 e. The molecule has 0 saturated carbocycles. The molecule has 0 atom stereocenters. The van der Waals surface area contributed by atoms with Crippen molar-refractivity contribution in [3.63, 3.8) is 0 Å². The van der Waals surface area contributed by atoms with Crippen LogP contribution in [0.25, 0.3) is 0 Å². The summed E-state index contributed by atoms with van der Waals surface area (Å²) >= 11 is 1.57. The Morgan fingerprint density at radius 3 is 3.00 bits per heavy atom. The van der Waals surface area contributed by atoms with Gasteiger partial charge in [0.15, 0.2) is 0 Å². The third-order valence-corrected chi connectivity index (χ3v) is 2.85. The summed E-state index contributed by atoms with van der Waals surface area (Å²) in [7, 11) is 0. The predicted octanol–water partition coefficient (Wildman–Crippen LogP) is 1.99. The maximum Gasteiger partial charge on any atom is 0.216 e. The number of benzene rings is 1. The first kappa shape index (κ1) is 10.0. The van der Waals surface area contributed by atoms with E-state index in [1.165, 1.54) is 11.1 Å². The normalized spacial score (nSPS) is 10.5. The van der Waals surface area contributed by atoms with E-state index in [0.29, 0.717) is 11.1 Å². The predicted molar refractivity (Wildman–Crippen MR) is 61.5 cm³/mol. The third-order valence-electron chi connectivity index (χ3n) is 1.93. The Bertz CT molecular complexity index is 452. The molecule has 1 heterocycles. The average Bonchev–Trinajstić information content (AvgIpc) is 2.62. The van der Waals surface area contributed by atoms with Crippen molar-refractivity contribution in [1.82, 2.24) is 15.2 Å². The van der Waals surface area contributed by atoms with Gasteiger partial charge in [-0.3, -0.25) is 0 Å². The molecule has 2 rings (SSSR count). The molecule has 3 N–H and O–H groups in total. The lowest BCUT2D eigenvalue weighted by atomic mass is 10.2. The minimum atomic E-state index is 0.363. The Hall–Kier alpha value is -1.49. The summed E-state index contributed by atoms with van der Waals surface area (Å²) in [6, 6.07) is 8.38. The summed E-state index contributed by atoms with van der Waals surface area (Å²) in [6.07, 6.45) is 0. The molecule has 0 unspecified atom stereocenters. The van der Waals surface area contributed by atoms with E-state index in [2.05, 4.69) is 46.4 Å². The fourth-order valence-corrected chi connectivity index (χ4v) is 2.02. The van der Waals surface area contributed by atoms with Gasteiger partial charge in [-0.1, -0.05) is 41.6 Å². The zero-order valence-corrected chi connectivity index (χ0v) is 9.21. The van der Waals surface area contributed by atoms with Crippen molar-refractivity contribution in [3.05, 3.63) is 35.4 Å². The largest absolute Gasteiger partial charge is 0.368 e. The van der Waals surface area contributed by atoms with E-state index in [0.717, 1.165) is 5.75 Å². The van der Waals surface area contributed by atoms with Crippen molar-refractivity contribution in [2.45, 2.75) is 17.8 Å². The van der Waals surface area contributed by atoms with Gasteiger partial charge in [-0.2, -0.15) is 4.98 Å². The van der Waals surface area contributed by atoms with Crippen molar-refractivity contribution in [3.8, 4) is 0 Å². The van der Waals surface area contributed by atoms with Crippen LogP contribution in [-0.2, 0) is 5.75 Å². The number of nitrogen functional groups attached to an aromatic ring is 1. The van der Waals surface area contributed by atoms with E-state index in [-0.39, 0.29) is 0 Å². The van der Waals surface area contributed by atoms with Crippen LogP contribution in [0.4, 0.5) is 5.95 Å².